The Kier molecular flexibility index (Phi) is 4.15. The molecule has 23 heavy (non-hydrogen) atoms. The third-order valence-electron chi connectivity index (χ3n) is 3.86. The van der Waals surface area contributed by atoms with Crippen LogP contribution in [0.25, 0.3) is 0 Å². The number of pyridine rings is 1. The molecule has 1 unspecified atom stereocenters. The molecule has 1 aliphatic rings. The third kappa shape index (κ3) is 2.97. The van der Waals surface area contributed by atoms with E-state index in [1.165, 1.54) is 6.20 Å². The van der Waals surface area contributed by atoms with Crippen LogP contribution in [0.15, 0.2) is 24.4 Å². The number of Topliss-reactive ketones (excluding diaryl/α,β-unsaturated/α-hetero) is 1. The third-order valence-corrected chi connectivity index (χ3v) is 3.86. The van der Waals surface area contributed by atoms with Crippen LogP contribution in [-0.2, 0) is 17.6 Å². The number of amides is 1. The molecule has 1 aliphatic carbocycles. The molecule has 2 heterocycles. The van der Waals surface area contributed by atoms with Gasteiger partial charge in [-0.2, -0.15) is 10.4 Å². The fraction of sp³-hybridized carbons (Fsp3) is 0.312. The summed E-state index contributed by atoms with van der Waals surface area (Å²) >= 11 is 0. The van der Waals surface area contributed by atoms with Gasteiger partial charge in [-0.25, -0.2) is 4.98 Å². The molecule has 3 rings (SSSR count). The van der Waals surface area contributed by atoms with Gasteiger partial charge in [-0.1, -0.05) is 6.07 Å². The van der Waals surface area contributed by atoms with Crippen LogP contribution in [0.2, 0.25) is 0 Å². The number of carbonyl (C=O) groups excluding carboxylic acids is 2. The number of nitrogens with zero attached hydrogens (tertiary/aromatic N) is 3. The molecule has 0 radical (unpaired) electrons. The minimum absolute atomic E-state index is 0.211. The summed E-state index contributed by atoms with van der Waals surface area (Å²) in [5.74, 6) is -2.40. The minimum atomic E-state index is -1.44. The van der Waals surface area contributed by atoms with E-state index in [1.807, 2.05) is 0 Å². The molecule has 7 heteroatoms. The maximum atomic E-state index is 12.6. The van der Waals surface area contributed by atoms with Crippen LogP contribution >= 0.6 is 0 Å². The van der Waals surface area contributed by atoms with E-state index in [0.29, 0.717) is 5.82 Å². The molecule has 1 atom stereocenters. The van der Waals surface area contributed by atoms with E-state index in [4.69, 9.17) is 0 Å². The van der Waals surface area contributed by atoms with Crippen molar-refractivity contribution in [1.29, 1.82) is 5.26 Å². The van der Waals surface area contributed by atoms with Crippen molar-refractivity contribution < 1.29 is 9.59 Å². The fourth-order valence-corrected chi connectivity index (χ4v) is 2.69. The van der Waals surface area contributed by atoms with Crippen molar-refractivity contribution in [3.63, 3.8) is 0 Å². The molecule has 0 bridgehead atoms. The molecule has 2 aromatic heterocycles. The highest BCUT2D eigenvalue weighted by Crippen LogP contribution is 2.24. The number of anilines is 1. The van der Waals surface area contributed by atoms with Crippen LogP contribution in [0.4, 0.5) is 5.82 Å². The number of fused-ring (bicyclic) bond motifs is 1. The number of hydrogen-bond acceptors (Lipinski definition) is 5. The van der Waals surface area contributed by atoms with Gasteiger partial charge in [0.25, 0.3) is 5.91 Å². The Labute approximate surface area is 132 Å². The molecule has 0 spiro atoms. The lowest BCUT2D eigenvalue weighted by Gasteiger charge is -2.12. The van der Waals surface area contributed by atoms with Gasteiger partial charge in [0, 0.05) is 17.5 Å². The first kappa shape index (κ1) is 14.9. The largest absolute Gasteiger partial charge is 0.309 e. The van der Waals surface area contributed by atoms with Crippen LogP contribution in [0.5, 0.6) is 0 Å². The molecule has 7 nitrogen and oxygen atoms in total. The Hall–Kier alpha value is -3.01. The van der Waals surface area contributed by atoms with Crippen molar-refractivity contribution >= 4 is 17.5 Å². The summed E-state index contributed by atoms with van der Waals surface area (Å²) < 4.78 is 0. The Balaban J connectivity index is 1.81. The molecule has 0 saturated heterocycles. The number of carbonyl (C=O) groups is 2. The predicted molar refractivity (Wildman–Crippen MR) is 81.5 cm³/mol. The lowest BCUT2D eigenvalue weighted by Crippen LogP contribution is -2.30. The smallest absolute Gasteiger partial charge is 0.250 e. The number of nitriles is 1. The van der Waals surface area contributed by atoms with Crippen molar-refractivity contribution in [2.45, 2.75) is 25.7 Å². The van der Waals surface area contributed by atoms with Gasteiger partial charge in [0.15, 0.2) is 5.92 Å². The van der Waals surface area contributed by atoms with Gasteiger partial charge in [-0.05, 0) is 37.8 Å². The van der Waals surface area contributed by atoms with Crippen LogP contribution in [0, 0.1) is 17.2 Å². The summed E-state index contributed by atoms with van der Waals surface area (Å²) in [5, 5.41) is 18.6. The van der Waals surface area contributed by atoms with E-state index in [0.717, 1.165) is 36.9 Å². The molecule has 2 N–H and O–H groups in total. The van der Waals surface area contributed by atoms with E-state index >= 15 is 0 Å². The van der Waals surface area contributed by atoms with E-state index < -0.39 is 17.6 Å². The molecular weight excluding hydrogens is 294 g/mol. The zero-order chi connectivity index (χ0) is 16.2. The molecule has 2 aromatic rings. The summed E-state index contributed by atoms with van der Waals surface area (Å²) in [4.78, 5) is 28.7. The van der Waals surface area contributed by atoms with Crippen LogP contribution in [0.3, 0.4) is 0 Å². The Morgan fingerprint density at radius 2 is 2.13 bits per heavy atom. The first-order chi connectivity index (χ1) is 11.2. The highest BCUT2D eigenvalue weighted by molar-refractivity contribution is 6.15. The summed E-state index contributed by atoms with van der Waals surface area (Å²) in [6.07, 6.45) is 5.12. The van der Waals surface area contributed by atoms with Crippen LogP contribution < -0.4 is 5.32 Å². The van der Waals surface area contributed by atoms with Gasteiger partial charge < -0.3 is 5.32 Å². The molecule has 0 aromatic carbocycles. The molecule has 0 aliphatic heterocycles. The van der Waals surface area contributed by atoms with Gasteiger partial charge >= 0.3 is 0 Å². The van der Waals surface area contributed by atoms with Crippen LogP contribution in [0.1, 0.15) is 34.6 Å². The van der Waals surface area contributed by atoms with Crippen molar-refractivity contribution in [1.82, 2.24) is 15.2 Å². The zero-order valence-electron chi connectivity index (χ0n) is 12.4. The Morgan fingerprint density at radius 3 is 2.87 bits per heavy atom. The second-order valence-corrected chi connectivity index (χ2v) is 5.37. The van der Waals surface area contributed by atoms with Crippen molar-refractivity contribution in [3.05, 3.63) is 41.3 Å². The maximum Gasteiger partial charge on any atom is 0.250 e. The molecular formula is C16H15N5O2. The number of nitrogens with one attached hydrogen (secondary N) is 2. The predicted octanol–water partition coefficient (Wildman–Crippen LogP) is 1.64. The number of hydrogen-bond donors (Lipinski definition) is 2. The molecule has 0 saturated carbocycles. The normalized spacial score (nSPS) is 14.4. The first-order valence-electron chi connectivity index (χ1n) is 7.42. The molecule has 0 fully saturated rings. The number of aromatic amines is 1. The lowest BCUT2D eigenvalue weighted by molar-refractivity contribution is -0.117. The Morgan fingerprint density at radius 1 is 1.30 bits per heavy atom. The van der Waals surface area contributed by atoms with Gasteiger partial charge in [0.2, 0.25) is 5.78 Å². The molecule has 1 amide bonds. The highest BCUT2D eigenvalue weighted by atomic mass is 16.2. The monoisotopic (exact) mass is 309 g/mol. The summed E-state index contributed by atoms with van der Waals surface area (Å²) in [5.41, 5.74) is 1.98. The van der Waals surface area contributed by atoms with E-state index in [2.05, 4.69) is 20.5 Å². The summed E-state index contributed by atoms with van der Waals surface area (Å²) in [6.45, 7) is 0. The summed E-state index contributed by atoms with van der Waals surface area (Å²) in [6, 6.07) is 6.78. The second kappa shape index (κ2) is 6.40. The number of rotatable bonds is 4. The van der Waals surface area contributed by atoms with Crippen molar-refractivity contribution in [2.75, 3.05) is 5.32 Å². The lowest BCUT2D eigenvalue weighted by atomic mass is 9.91. The maximum absolute atomic E-state index is 12.6. The van der Waals surface area contributed by atoms with Gasteiger partial charge in [0.1, 0.15) is 11.5 Å². The van der Waals surface area contributed by atoms with Crippen molar-refractivity contribution in [2.24, 2.45) is 5.92 Å². The standard InChI is InChI=1S/C16H15N5O2/c17-9-11(16(23)19-13-7-3-4-8-18-13)15(22)14-10-5-1-2-6-12(10)20-21-14/h3-4,7-8,11H,1-2,5-6H2,(H,20,21)(H,18,19,23). The quantitative estimate of drug-likeness (QED) is 0.658. The van der Waals surface area contributed by atoms with E-state index in [1.54, 1.807) is 24.3 Å². The van der Waals surface area contributed by atoms with E-state index in [-0.39, 0.29) is 5.69 Å². The van der Waals surface area contributed by atoms with Crippen molar-refractivity contribution in [3.8, 4) is 6.07 Å². The minimum Gasteiger partial charge on any atom is -0.309 e. The van der Waals surface area contributed by atoms with Gasteiger partial charge in [0.05, 0.1) is 6.07 Å². The van der Waals surface area contributed by atoms with Gasteiger partial charge in [-0.15, -0.1) is 0 Å². The Bertz CT molecular complexity index is 776. The van der Waals surface area contributed by atoms with Gasteiger partial charge in [-0.3, -0.25) is 14.7 Å². The first-order valence-corrected chi connectivity index (χ1v) is 7.42. The SMILES string of the molecule is N#CC(C(=O)Nc1ccccn1)C(=O)c1n[nH]c2c1CCCC2. The van der Waals surface area contributed by atoms with Crippen LogP contribution in [-0.4, -0.2) is 26.9 Å². The number of H-pyrrole nitrogens is 1. The molecule has 116 valence electrons. The topological polar surface area (TPSA) is 112 Å². The summed E-state index contributed by atoms with van der Waals surface area (Å²) in [7, 11) is 0. The average Bonchev–Trinajstić information content (AvgIpc) is 3.00. The average molecular weight is 309 g/mol. The second-order valence-electron chi connectivity index (χ2n) is 5.37. The highest BCUT2D eigenvalue weighted by Gasteiger charge is 2.32. The fourth-order valence-electron chi connectivity index (χ4n) is 2.69. The van der Waals surface area contributed by atoms with E-state index in [9.17, 15) is 14.9 Å². The number of aryl methyl sites for hydroxylation is 1. The number of ketones is 1. The number of aromatic nitrogens is 3. The zero-order valence-corrected chi connectivity index (χ0v) is 12.4.